The van der Waals surface area contributed by atoms with Crippen LogP contribution in [0.15, 0.2) is 0 Å². The van der Waals surface area contributed by atoms with Crippen molar-refractivity contribution in [2.24, 2.45) is 0 Å². The minimum Gasteiger partial charge on any atom is -0.241 e. The molecule has 1 rings (SSSR count). The van der Waals surface area contributed by atoms with Crippen molar-refractivity contribution in [1.29, 1.82) is 0 Å². The van der Waals surface area contributed by atoms with Gasteiger partial charge in [-0.3, -0.25) is 0 Å². The summed E-state index contributed by atoms with van der Waals surface area (Å²) in [5.41, 5.74) is 2.75. The van der Waals surface area contributed by atoms with Gasteiger partial charge in [-0.1, -0.05) is 13.8 Å². The number of amides is 4. The second-order valence-corrected chi connectivity index (χ2v) is 3.75. The molecule has 0 aromatic heterocycles. The van der Waals surface area contributed by atoms with Crippen molar-refractivity contribution in [2.45, 2.75) is 27.7 Å². The molecule has 6 heteroatoms. The zero-order valence-corrected chi connectivity index (χ0v) is 10.5. The molecule has 92 valence electrons. The van der Waals surface area contributed by atoms with E-state index in [-0.39, 0.29) is 16.7 Å². The molecule has 1 N–H and O–H groups in total. The van der Waals surface area contributed by atoms with Crippen LogP contribution in [0.5, 0.6) is 0 Å². The van der Waals surface area contributed by atoms with Gasteiger partial charge in [-0.15, -0.1) is 9.60 Å². The van der Waals surface area contributed by atoms with Gasteiger partial charge in [-0.2, -0.15) is 5.43 Å². The van der Waals surface area contributed by atoms with Gasteiger partial charge in [0.05, 0.1) is 0 Å². The van der Waals surface area contributed by atoms with Crippen LogP contribution in [0.3, 0.4) is 0 Å². The molecule has 0 bridgehead atoms. The number of hydrazine groups is 1. The van der Waals surface area contributed by atoms with Gasteiger partial charge in [0.1, 0.15) is 13.1 Å². The number of carbonyl (C=O) groups excluding carboxylic acids is 2. The van der Waals surface area contributed by atoms with Crippen LogP contribution in [0.4, 0.5) is 9.59 Å². The largest absolute Gasteiger partial charge is 0.466 e. The first kappa shape index (κ1) is 12.9. The number of quaternary nitrogens is 1. The Morgan fingerprint density at radius 1 is 1.12 bits per heavy atom. The molecule has 1 aliphatic heterocycles. The molecular weight excluding hydrogens is 208 g/mol. The van der Waals surface area contributed by atoms with Crippen molar-refractivity contribution in [3.8, 4) is 0 Å². The van der Waals surface area contributed by atoms with E-state index in [9.17, 15) is 9.59 Å². The van der Waals surface area contributed by atoms with E-state index in [1.165, 1.54) is 5.01 Å². The van der Waals surface area contributed by atoms with Crippen molar-refractivity contribution in [2.75, 3.05) is 26.2 Å². The number of imide groups is 1. The van der Waals surface area contributed by atoms with Gasteiger partial charge < -0.3 is 0 Å². The highest BCUT2D eigenvalue weighted by Gasteiger charge is 2.52. The van der Waals surface area contributed by atoms with E-state index in [2.05, 4.69) is 5.43 Å². The summed E-state index contributed by atoms with van der Waals surface area (Å²) in [6, 6.07) is -0.504. The first-order valence-corrected chi connectivity index (χ1v) is 5.85. The Labute approximate surface area is 96.3 Å². The minimum absolute atomic E-state index is 0.00926. The normalized spacial score (nSPS) is 19.4. The lowest BCUT2D eigenvalue weighted by molar-refractivity contribution is -0.877. The lowest BCUT2D eigenvalue weighted by Gasteiger charge is -2.27. The standard InChI is InChI=1S/C10H20N4O2/c1-5-12(6-2)13-9(15)11-14(7-3,8-4)10(13)16/h5-8H2,1-4H3/p+1. The third kappa shape index (κ3) is 1.78. The molecule has 0 unspecified atom stereocenters. The fraction of sp³-hybridized carbons (Fsp3) is 0.800. The van der Waals surface area contributed by atoms with Crippen LogP contribution in [-0.4, -0.2) is 52.9 Å². The number of nitrogens with one attached hydrogen (secondary N) is 1. The van der Waals surface area contributed by atoms with Gasteiger partial charge in [0.15, 0.2) is 0 Å². The maximum atomic E-state index is 12.2. The maximum Gasteiger partial charge on any atom is 0.466 e. The Kier molecular flexibility index (Phi) is 3.88. The lowest BCUT2D eigenvalue weighted by Crippen LogP contribution is -2.57. The lowest BCUT2D eigenvalue weighted by atomic mass is 10.5. The van der Waals surface area contributed by atoms with E-state index in [0.717, 1.165) is 0 Å². The van der Waals surface area contributed by atoms with Gasteiger partial charge in [0.2, 0.25) is 0 Å². The van der Waals surface area contributed by atoms with Crippen LogP contribution in [-0.2, 0) is 0 Å². The van der Waals surface area contributed by atoms with Crippen molar-refractivity contribution in [3.63, 3.8) is 0 Å². The van der Waals surface area contributed by atoms with Crippen LogP contribution in [0.25, 0.3) is 0 Å². The van der Waals surface area contributed by atoms with Crippen molar-refractivity contribution < 1.29 is 14.2 Å². The average molecular weight is 229 g/mol. The quantitative estimate of drug-likeness (QED) is 0.720. The van der Waals surface area contributed by atoms with Gasteiger partial charge in [0.25, 0.3) is 0 Å². The second kappa shape index (κ2) is 4.80. The molecule has 1 aliphatic rings. The topological polar surface area (TPSA) is 52.6 Å². The third-order valence-electron chi connectivity index (χ3n) is 3.14. The Morgan fingerprint density at radius 3 is 1.94 bits per heavy atom. The molecule has 0 aromatic carbocycles. The number of rotatable bonds is 5. The van der Waals surface area contributed by atoms with Crippen LogP contribution in [0, 0.1) is 0 Å². The van der Waals surface area contributed by atoms with E-state index in [0.29, 0.717) is 26.2 Å². The number of hydrogen-bond donors (Lipinski definition) is 1. The highest BCUT2D eigenvalue weighted by molar-refractivity contribution is 5.93. The molecule has 0 radical (unpaired) electrons. The highest BCUT2D eigenvalue weighted by Crippen LogP contribution is 2.18. The molecule has 0 saturated carbocycles. The number of urea groups is 2. The zero-order chi connectivity index (χ0) is 12.3. The van der Waals surface area contributed by atoms with Gasteiger partial charge >= 0.3 is 12.1 Å². The average Bonchev–Trinajstić information content (AvgIpc) is 2.55. The van der Waals surface area contributed by atoms with Crippen LogP contribution < -0.4 is 5.43 Å². The Bertz CT molecular complexity index is 285. The summed E-state index contributed by atoms with van der Waals surface area (Å²) in [4.78, 5) is 24.0. The molecule has 0 aliphatic carbocycles. The first-order chi connectivity index (χ1) is 7.56. The monoisotopic (exact) mass is 229 g/mol. The minimum atomic E-state index is -0.322. The van der Waals surface area contributed by atoms with E-state index >= 15 is 0 Å². The van der Waals surface area contributed by atoms with E-state index < -0.39 is 0 Å². The summed E-state index contributed by atoms with van der Waals surface area (Å²) in [6.45, 7) is 10.1. The molecular formula is C10H21N4O2+. The molecule has 0 spiro atoms. The predicted molar refractivity (Wildman–Crippen MR) is 60.0 cm³/mol. The Balaban J connectivity index is 2.98. The molecule has 1 fully saturated rings. The molecule has 16 heavy (non-hydrogen) atoms. The van der Waals surface area contributed by atoms with Crippen molar-refractivity contribution in [1.82, 2.24) is 15.4 Å². The van der Waals surface area contributed by atoms with E-state index in [1.54, 1.807) is 5.01 Å². The Morgan fingerprint density at radius 2 is 1.62 bits per heavy atom. The zero-order valence-electron chi connectivity index (χ0n) is 10.5. The SMILES string of the molecule is CCN(CC)N1C(=O)N[N+](CC)(CC)C1=O. The predicted octanol–water partition coefficient (Wildman–Crippen LogP) is 1.16. The van der Waals surface area contributed by atoms with Crippen molar-refractivity contribution >= 4 is 12.1 Å². The summed E-state index contributed by atoms with van der Waals surface area (Å²) in [7, 11) is 0. The first-order valence-electron chi connectivity index (χ1n) is 5.85. The second-order valence-electron chi connectivity index (χ2n) is 3.75. The molecule has 0 atom stereocenters. The molecule has 1 saturated heterocycles. The summed E-state index contributed by atoms with van der Waals surface area (Å²) < 4.78 is 0.00926. The van der Waals surface area contributed by atoms with Crippen LogP contribution >= 0.6 is 0 Å². The number of hydrogen-bond acceptors (Lipinski definition) is 3. The van der Waals surface area contributed by atoms with Gasteiger partial charge in [-0.25, -0.2) is 14.6 Å². The highest BCUT2D eigenvalue weighted by atomic mass is 16.3. The summed E-state index contributed by atoms with van der Waals surface area (Å²) >= 11 is 0. The third-order valence-corrected chi connectivity index (χ3v) is 3.14. The summed E-state index contributed by atoms with van der Waals surface area (Å²) in [6.07, 6.45) is 0. The fourth-order valence-corrected chi connectivity index (χ4v) is 1.95. The van der Waals surface area contributed by atoms with Crippen molar-refractivity contribution in [3.05, 3.63) is 0 Å². The van der Waals surface area contributed by atoms with Crippen LogP contribution in [0.1, 0.15) is 27.7 Å². The number of carbonyl (C=O) groups is 2. The molecule has 1 heterocycles. The summed E-state index contributed by atoms with van der Waals surface area (Å²) in [5, 5.41) is 2.97. The van der Waals surface area contributed by atoms with Gasteiger partial charge in [0, 0.05) is 13.1 Å². The van der Waals surface area contributed by atoms with Crippen LogP contribution in [0.2, 0.25) is 0 Å². The van der Waals surface area contributed by atoms with Gasteiger partial charge in [-0.05, 0) is 13.8 Å². The summed E-state index contributed by atoms with van der Waals surface area (Å²) in [5.74, 6) is 0. The molecule has 6 nitrogen and oxygen atoms in total. The number of nitrogens with zero attached hydrogens (tertiary/aromatic N) is 3. The fourth-order valence-electron chi connectivity index (χ4n) is 1.95. The molecule has 4 amide bonds. The van der Waals surface area contributed by atoms with E-state index in [4.69, 9.17) is 0 Å². The van der Waals surface area contributed by atoms with E-state index in [1.807, 2.05) is 27.7 Å². The molecule has 0 aromatic rings. The Hall–Kier alpha value is -1.14. The smallest absolute Gasteiger partial charge is 0.241 e. The maximum absolute atomic E-state index is 12.2.